The van der Waals surface area contributed by atoms with Gasteiger partial charge in [-0.05, 0) is 0 Å². The zero-order valence-corrected chi connectivity index (χ0v) is 15.9. The molecule has 1 atom stereocenters. The number of nitriles is 1. The van der Waals surface area contributed by atoms with Crippen molar-refractivity contribution in [2.24, 2.45) is 0 Å². The van der Waals surface area contributed by atoms with Crippen molar-refractivity contribution < 1.29 is 34.3 Å². The van der Waals surface area contributed by atoms with Gasteiger partial charge in [0.15, 0.2) is 0 Å². The summed E-state index contributed by atoms with van der Waals surface area (Å²) in [4.78, 5) is 26.3. The molecule has 1 saturated heterocycles. The fourth-order valence-electron chi connectivity index (χ4n) is 2.99. The Morgan fingerprint density at radius 1 is 1.33 bits per heavy atom. The summed E-state index contributed by atoms with van der Waals surface area (Å²) >= 11 is 1.55. The summed E-state index contributed by atoms with van der Waals surface area (Å²) < 4.78 is 1.13. The summed E-state index contributed by atoms with van der Waals surface area (Å²) in [5.74, 6) is -0.467. The van der Waals surface area contributed by atoms with Gasteiger partial charge < -0.3 is 0 Å². The molecule has 1 unspecified atom stereocenters. The minimum absolute atomic E-state index is 0.0806. The van der Waals surface area contributed by atoms with Crippen molar-refractivity contribution in [3.05, 3.63) is 42.0 Å². The standard InChI is InChI=1S/C18H16AtN3O2/c19-13-7-6-12-3-1-5-15(16(12)9-13)18(24)21-11-17(23)22-8-2-4-14(22)10-20/h1,3,5-7,9,14H,2,4,8,11H2,(H,21,24). The van der Waals surface area contributed by atoms with E-state index in [0.717, 1.165) is 20.5 Å². The van der Waals surface area contributed by atoms with Crippen molar-refractivity contribution in [2.45, 2.75) is 18.9 Å². The van der Waals surface area contributed by atoms with E-state index in [0.29, 0.717) is 18.5 Å². The number of nitrogens with one attached hydrogen (secondary N) is 1. The molecule has 0 spiro atoms. The van der Waals surface area contributed by atoms with Gasteiger partial charge in [0, 0.05) is 0 Å². The van der Waals surface area contributed by atoms with Gasteiger partial charge in [0.2, 0.25) is 0 Å². The normalized spacial score (nSPS) is 16.8. The van der Waals surface area contributed by atoms with Crippen LogP contribution in [0.25, 0.3) is 10.8 Å². The Bertz CT molecular complexity index is 844. The number of fused-ring (bicyclic) bond motifs is 1. The molecule has 5 nitrogen and oxygen atoms in total. The van der Waals surface area contributed by atoms with E-state index < -0.39 is 0 Å². The molecule has 0 aliphatic carbocycles. The maximum absolute atomic E-state index is 12.5. The van der Waals surface area contributed by atoms with Crippen molar-refractivity contribution in [1.82, 2.24) is 10.2 Å². The Morgan fingerprint density at radius 3 is 2.96 bits per heavy atom. The number of benzene rings is 2. The molecule has 3 rings (SSSR count). The quantitative estimate of drug-likeness (QED) is 0.668. The summed E-state index contributed by atoms with van der Waals surface area (Å²) in [7, 11) is 0. The number of nitrogens with zero attached hydrogens (tertiary/aromatic N) is 2. The van der Waals surface area contributed by atoms with Gasteiger partial charge in [-0.2, -0.15) is 0 Å². The van der Waals surface area contributed by atoms with Crippen LogP contribution in [0.4, 0.5) is 0 Å². The van der Waals surface area contributed by atoms with Crippen molar-refractivity contribution in [2.75, 3.05) is 13.1 Å². The maximum atomic E-state index is 12.5. The molecular formula is C18H16AtN3O2. The number of hydrogen-bond acceptors (Lipinski definition) is 3. The number of rotatable bonds is 3. The fraction of sp³-hybridized carbons (Fsp3) is 0.278. The van der Waals surface area contributed by atoms with E-state index in [9.17, 15) is 9.59 Å². The van der Waals surface area contributed by atoms with E-state index in [-0.39, 0.29) is 24.4 Å². The molecule has 1 N–H and O–H groups in total. The van der Waals surface area contributed by atoms with Gasteiger partial charge in [-0.1, -0.05) is 0 Å². The first-order valence-electron chi connectivity index (χ1n) is 7.75. The van der Waals surface area contributed by atoms with E-state index in [1.54, 1.807) is 35.7 Å². The molecule has 24 heavy (non-hydrogen) atoms. The van der Waals surface area contributed by atoms with Crippen LogP contribution in [0.3, 0.4) is 0 Å². The molecule has 0 saturated carbocycles. The Hall–Kier alpha value is -1.99. The van der Waals surface area contributed by atoms with E-state index in [2.05, 4.69) is 11.4 Å². The second-order valence-corrected chi connectivity index (χ2v) is 7.42. The van der Waals surface area contributed by atoms with Crippen LogP contribution in [-0.4, -0.2) is 35.8 Å². The van der Waals surface area contributed by atoms with Crippen molar-refractivity contribution in [3.63, 3.8) is 0 Å². The summed E-state index contributed by atoms with van der Waals surface area (Å²) in [6.45, 7) is 0.505. The molecule has 0 bridgehead atoms. The Morgan fingerprint density at radius 2 is 2.17 bits per heavy atom. The first-order valence-corrected chi connectivity index (χ1v) is 9.22. The van der Waals surface area contributed by atoms with Gasteiger partial charge >= 0.3 is 156 Å². The molecule has 1 aliphatic heterocycles. The topological polar surface area (TPSA) is 73.2 Å². The van der Waals surface area contributed by atoms with Crippen LogP contribution >= 0.6 is 0 Å². The van der Waals surface area contributed by atoms with Crippen LogP contribution in [0.15, 0.2) is 36.4 Å². The fourth-order valence-corrected chi connectivity index (χ4v) is 3.66. The molecule has 6 heteroatoms. The molecule has 0 radical (unpaired) electrons. The van der Waals surface area contributed by atoms with E-state index in [4.69, 9.17) is 5.26 Å². The summed E-state index contributed by atoms with van der Waals surface area (Å²) in [6, 6.07) is 13.4. The first-order chi connectivity index (χ1) is 11.6. The van der Waals surface area contributed by atoms with Gasteiger partial charge in [-0.15, -0.1) is 0 Å². The number of amides is 2. The number of likely N-dealkylation sites (tertiary alicyclic amines) is 1. The van der Waals surface area contributed by atoms with Gasteiger partial charge in [0.05, 0.1) is 0 Å². The van der Waals surface area contributed by atoms with Crippen molar-refractivity contribution >= 4 is 25.9 Å². The summed E-state index contributed by atoms with van der Waals surface area (Å²) in [5, 5.41) is 13.6. The van der Waals surface area contributed by atoms with Crippen LogP contribution in [0.5, 0.6) is 0 Å². The Balaban J connectivity index is 1.73. The Kier molecular flexibility index (Phi) is 5.11. The van der Waals surface area contributed by atoms with Crippen LogP contribution < -0.4 is 8.59 Å². The van der Waals surface area contributed by atoms with Crippen molar-refractivity contribution in [3.8, 4) is 6.07 Å². The van der Waals surface area contributed by atoms with Gasteiger partial charge in [0.1, 0.15) is 0 Å². The summed E-state index contributed by atoms with van der Waals surface area (Å²) in [5.41, 5.74) is 0.567. The van der Waals surface area contributed by atoms with Gasteiger partial charge in [-0.25, -0.2) is 0 Å². The minimum atomic E-state index is -0.364. The predicted molar refractivity (Wildman–Crippen MR) is 86.3 cm³/mol. The third kappa shape index (κ3) is 3.42. The number of hydrogen-bond donors (Lipinski definition) is 1. The van der Waals surface area contributed by atoms with E-state index >= 15 is 0 Å². The monoisotopic (exact) mass is 516 g/mol. The molecule has 2 aromatic rings. The number of carbonyl (C=O) groups is 2. The molecule has 2 aromatic carbocycles. The zero-order valence-electron chi connectivity index (χ0n) is 13.0. The molecule has 1 aliphatic rings. The second kappa shape index (κ2) is 7.27. The van der Waals surface area contributed by atoms with Crippen molar-refractivity contribution in [1.29, 1.82) is 5.26 Å². The molecule has 2 amide bonds. The van der Waals surface area contributed by atoms with E-state index in [1.807, 2.05) is 30.3 Å². The molecule has 1 fully saturated rings. The van der Waals surface area contributed by atoms with Gasteiger partial charge in [-0.3, -0.25) is 0 Å². The molecular weight excluding hydrogens is 500 g/mol. The number of carbonyl (C=O) groups excluding carboxylic acids is 2. The molecule has 0 aromatic heterocycles. The Labute approximate surface area is 155 Å². The van der Waals surface area contributed by atoms with Crippen LogP contribution in [0.2, 0.25) is 0 Å². The predicted octanol–water partition coefficient (Wildman–Crippen LogP) is 1.26. The average Bonchev–Trinajstić information content (AvgIpc) is 3.07. The SMILES string of the molecule is N#CC1CCCN1C(=O)CNC(=O)c1cccc2ccc([At])cc12. The third-order valence-corrected chi connectivity index (χ3v) is 5.13. The van der Waals surface area contributed by atoms with Crippen LogP contribution in [0, 0.1) is 36.1 Å². The zero-order chi connectivity index (χ0) is 17.1. The molecule has 122 valence electrons. The van der Waals surface area contributed by atoms with Crippen LogP contribution in [0.1, 0.15) is 23.2 Å². The summed E-state index contributed by atoms with van der Waals surface area (Å²) in [6.07, 6.45) is 1.54. The second-order valence-electron chi connectivity index (χ2n) is 5.73. The van der Waals surface area contributed by atoms with E-state index in [1.165, 1.54) is 0 Å². The van der Waals surface area contributed by atoms with Gasteiger partial charge in [0.25, 0.3) is 0 Å². The third-order valence-electron chi connectivity index (χ3n) is 4.21. The molecule has 1 heterocycles. The average molecular weight is 516 g/mol. The van der Waals surface area contributed by atoms with Crippen LogP contribution in [-0.2, 0) is 4.79 Å². The first kappa shape index (κ1) is 16.9.